The highest BCUT2D eigenvalue weighted by molar-refractivity contribution is 6.08. The first-order chi connectivity index (χ1) is 21.9. The summed E-state index contributed by atoms with van der Waals surface area (Å²) in [7, 11) is 1.72. The predicted octanol–water partition coefficient (Wildman–Crippen LogP) is 11.1. The molecule has 5 aromatic carbocycles. The molecule has 2 nitrogen and oxygen atoms in total. The topological polar surface area (TPSA) is 18.5 Å². The van der Waals surface area contributed by atoms with Crippen molar-refractivity contribution in [2.24, 2.45) is 0 Å². The Morgan fingerprint density at radius 2 is 1.31 bits per heavy atom. The van der Waals surface area contributed by atoms with Crippen LogP contribution in [0.25, 0.3) is 28.0 Å². The van der Waals surface area contributed by atoms with Crippen LogP contribution in [0, 0.1) is 0 Å². The fourth-order valence-electron chi connectivity index (χ4n) is 8.51. The number of ether oxygens (including phenoxy) is 2. The monoisotopic (exact) mass is 590 g/mol. The van der Waals surface area contributed by atoms with Crippen LogP contribution in [0.1, 0.15) is 92.7 Å². The largest absolute Gasteiger partial charge is 0.497 e. The molecule has 5 aromatic rings. The van der Waals surface area contributed by atoms with Crippen molar-refractivity contribution in [1.29, 1.82) is 0 Å². The minimum absolute atomic E-state index is 0.0126. The molecule has 1 aliphatic heterocycles. The van der Waals surface area contributed by atoms with Crippen molar-refractivity contribution in [2.45, 2.75) is 75.7 Å². The van der Waals surface area contributed by atoms with Gasteiger partial charge in [0.2, 0.25) is 0 Å². The summed E-state index contributed by atoms with van der Waals surface area (Å²) in [6.07, 6.45) is 12.3. The maximum absolute atomic E-state index is 7.57. The Balaban J connectivity index is 1.41. The molecule has 1 atom stereocenters. The Bertz CT molecular complexity index is 1930. The van der Waals surface area contributed by atoms with Crippen molar-refractivity contribution in [2.75, 3.05) is 7.11 Å². The summed E-state index contributed by atoms with van der Waals surface area (Å²) in [5, 5.41) is 2.47. The van der Waals surface area contributed by atoms with Gasteiger partial charge < -0.3 is 9.47 Å². The minimum Gasteiger partial charge on any atom is -0.497 e. The fourth-order valence-corrected chi connectivity index (χ4v) is 8.51. The molecule has 1 spiro atoms. The van der Waals surface area contributed by atoms with Gasteiger partial charge in [-0.15, -0.1) is 0 Å². The number of methoxy groups -OCH3 is 1. The van der Waals surface area contributed by atoms with E-state index in [0.29, 0.717) is 0 Å². The van der Waals surface area contributed by atoms with Crippen LogP contribution in [0.5, 0.6) is 11.5 Å². The molecule has 0 aromatic heterocycles. The van der Waals surface area contributed by atoms with Crippen molar-refractivity contribution in [3.63, 3.8) is 0 Å². The Morgan fingerprint density at radius 3 is 1.98 bits per heavy atom. The molecule has 0 bridgehead atoms. The van der Waals surface area contributed by atoms with Gasteiger partial charge in [0.25, 0.3) is 0 Å². The second kappa shape index (κ2) is 10.4. The molecule has 226 valence electrons. The zero-order valence-electron chi connectivity index (χ0n) is 27.0. The second-order valence-electron chi connectivity index (χ2n) is 14.3. The van der Waals surface area contributed by atoms with Gasteiger partial charge in [-0.3, -0.25) is 0 Å². The zero-order valence-corrected chi connectivity index (χ0v) is 27.0. The Morgan fingerprint density at radius 1 is 0.689 bits per heavy atom. The van der Waals surface area contributed by atoms with Crippen LogP contribution in [0.4, 0.5) is 0 Å². The first-order valence-corrected chi connectivity index (χ1v) is 16.7. The number of benzene rings is 5. The van der Waals surface area contributed by atoms with Crippen molar-refractivity contribution < 1.29 is 9.47 Å². The first kappa shape index (κ1) is 28.2. The zero-order chi connectivity index (χ0) is 30.8. The number of hydrogen-bond donors (Lipinski definition) is 0. The minimum atomic E-state index is -0.783. The lowest BCUT2D eigenvalue weighted by molar-refractivity contribution is 0.163. The van der Waals surface area contributed by atoms with Gasteiger partial charge in [-0.25, -0.2) is 0 Å². The average Bonchev–Trinajstić information content (AvgIpc) is 3.18. The molecule has 45 heavy (non-hydrogen) atoms. The lowest BCUT2D eigenvalue weighted by atomic mass is 9.70. The number of rotatable bonds is 3. The molecule has 1 heterocycles. The van der Waals surface area contributed by atoms with Gasteiger partial charge >= 0.3 is 0 Å². The summed E-state index contributed by atoms with van der Waals surface area (Å²) >= 11 is 0. The Hall–Kier alpha value is -4.30. The Kier molecular flexibility index (Phi) is 6.50. The normalized spacial score (nSPS) is 19.8. The highest BCUT2D eigenvalue weighted by atomic mass is 16.5. The smallest absolute Gasteiger partial charge is 0.178 e. The van der Waals surface area contributed by atoms with Crippen LogP contribution in [0.15, 0.2) is 103 Å². The van der Waals surface area contributed by atoms with Crippen molar-refractivity contribution in [3.8, 4) is 22.6 Å². The van der Waals surface area contributed by atoms with E-state index in [0.717, 1.165) is 22.6 Å². The summed E-state index contributed by atoms with van der Waals surface area (Å²) in [6.45, 7) is 6.80. The van der Waals surface area contributed by atoms with Crippen molar-refractivity contribution in [1.82, 2.24) is 0 Å². The molecule has 1 unspecified atom stereocenters. The van der Waals surface area contributed by atoms with Gasteiger partial charge in [0.05, 0.1) is 7.11 Å². The first-order valence-electron chi connectivity index (χ1n) is 16.7. The molecule has 1 fully saturated rings. The van der Waals surface area contributed by atoms with Crippen LogP contribution < -0.4 is 9.47 Å². The third-order valence-corrected chi connectivity index (χ3v) is 10.8. The maximum Gasteiger partial charge on any atom is 0.178 e. The fraction of sp³-hybridized carbons (Fsp3) is 0.302. The van der Waals surface area contributed by atoms with Crippen molar-refractivity contribution in [3.05, 3.63) is 137 Å². The van der Waals surface area contributed by atoms with E-state index in [2.05, 4.69) is 118 Å². The molecule has 0 saturated heterocycles. The summed E-state index contributed by atoms with van der Waals surface area (Å²) in [5.41, 5.74) is 9.91. The molecule has 3 aliphatic rings. The van der Waals surface area contributed by atoms with Gasteiger partial charge in [-0.2, -0.15) is 0 Å². The molecule has 2 heteroatoms. The summed E-state index contributed by atoms with van der Waals surface area (Å²) in [6, 6.07) is 35.6. The second-order valence-corrected chi connectivity index (χ2v) is 14.3. The van der Waals surface area contributed by atoms with Crippen LogP contribution in [-0.4, -0.2) is 7.11 Å². The van der Waals surface area contributed by atoms with Crippen LogP contribution >= 0.6 is 0 Å². The predicted molar refractivity (Wildman–Crippen MR) is 186 cm³/mol. The molecule has 0 N–H and O–H groups in total. The summed E-state index contributed by atoms with van der Waals surface area (Å²) < 4.78 is 13.1. The highest BCUT2D eigenvalue weighted by Gasteiger charge is 2.48. The molecule has 8 rings (SSSR count). The van der Waals surface area contributed by atoms with Crippen molar-refractivity contribution >= 4 is 16.8 Å². The maximum atomic E-state index is 7.57. The standard InChI is InChI=1S/C43H42O2/c1-41(2,3)29-17-19-30(20-18-29)43(31-21-23-32(44-4)24-22-31)28-25-36-39-38(33-13-7-8-14-34(33)40(36)45-43)35-15-9-10-16-37(35)42(39)26-11-5-6-12-27-42/h7-10,13-25,28H,5-6,11-12,26-27H2,1-4H3. The van der Waals surface area contributed by atoms with Gasteiger partial charge in [0.1, 0.15) is 11.5 Å². The average molecular weight is 591 g/mol. The third kappa shape index (κ3) is 4.22. The molecule has 0 amide bonds. The van der Waals surface area contributed by atoms with Gasteiger partial charge in [0, 0.05) is 27.5 Å². The lowest BCUT2D eigenvalue weighted by Gasteiger charge is -2.40. The van der Waals surface area contributed by atoms with E-state index in [9.17, 15) is 0 Å². The van der Waals surface area contributed by atoms with E-state index in [1.54, 1.807) is 7.11 Å². The molecule has 1 saturated carbocycles. The highest BCUT2D eigenvalue weighted by Crippen LogP contribution is 2.61. The van der Waals surface area contributed by atoms with E-state index in [1.165, 1.54) is 82.7 Å². The van der Waals surface area contributed by atoms with E-state index in [-0.39, 0.29) is 10.8 Å². The molecule has 2 aliphatic carbocycles. The molecular formula is C43H42O2. The Labute approximate surface area is 267 Å². The van der Waals surface area contributed by atoms with Gasteiger partial charge in [-0.05, 0) is 69.7 Å². The summed E-state index contributed by atoms with van der Waals surface area (Å²) in [5.74, 6) is 1.84. The van der Waals surface area contributed by atoms with Gasteiger partial charge in [0.15, 0.2) is 5.60 Å². The van der Waals surface area contributed by atoms with E-state index in [4.69, 9.17) is 9.47 Å². The molecular weight excluding hydrogens is 548 g/mol. The molecule has 0 radical (unpaired) electrons. The van der Waals surface area contributed by atoms with Crippen LogP contribution in [0.3, 0.4) is 0 Å². The van der Waals surface area contributed by atoms with E-state index in [1.807, 2.05) is 12.1 Å². The summed E-state index contributed by atoms with van der Waals surface area (Å²) in [4.78, 5) is 0. The quantitative estimate of drug-likeness (QED) is 0.208. The van der Waals surface area contributed by atoms with Crippen LogP contribution in [-0.2, 0) is 16.4 Å². The third-order valence-electron chi connectivity index (χ3n) is 10.8. The van der Waals surface area contributed by atoms with Crippen LogP contribution in [0.2, 0.25) is 0 Å². The van der Waals surface area contributed by atoms with E-state index >= 15 is 0 Å². The van der Waals surface area contributed by atoms with Gasteiger partial charge in [-0.1, -0.05) is 137 Å². The van der Waals surface area contributed by atoms with E-state index < -0.39 is 5.60 Å². The SMILES string of the molecule is COc1ccc(C2(c3ccc(C(C)(C)C)cc3)C=Cc3c4c(c5ccccc5c3O2)-c2ccccc2C42CCCCCC2)cc1. The number of fused-ring (bicyclic) bond motifs is 10. The number of hydrogen-bond acceptors (Lipinski definition) is 2. The lowest BCUT2D eigenvalue weighted by Crippen LogP contribution is -2.35.